The minimum Gasteiger partial charge on any atom is -0.383 e. The maximum atomic E-state index is 13.7. The maximum absolute atomic E-state index is 13.7. The summed E-state index contributed by atoms with van der Waals surface area (Å²) in [5.41, 5.74) is 3.17. The van der Waals surface area contributed by atoms with E-state index in [2.05, 4.69) is 29.2 Å². The molecule has 7 nitrogen and oxygen atoms in total. The summed E-state index contributed by atoms with van der Waals surface area (Å²) in [7, 11) is 1.59. The Bertz CT molecular complexity index is 1410. The average molecular weight is 535 g/mol. The van der Waals surface area contributed by atoms with E-state index in [-0.39, 0.29) is 11.5 Å². The molecule has 5 rings (SSSR count). The lowest BCUT2D eigenvalue weighted by molar-refractivity contribution is -0.122. The molecule has 37 heavy (non-hydrogen) atoms. The van der Waals surface area contributed by atoms with Crippen molar-refractivity contribution in [1.29, 1.82) is 0 Å². The number of amides is 1. The number of anilines is 1. The first-order valence-corrected chi connectivity index (χ1v) is 13.7. The number of aryl methyl sites for hydroxylation is 1. The van der Waals surface area contributed by atoms with Crippen molar-refractivity contribution in [3.8, 4) is 0 Å². The minimum absolute atomic E-state index is 0.183. The second kappa shape index (κ2) is 11.2. The lowest BCUT2D eigenvalue weighted by Gasteiger charge is -2.33. The van der Waals surface area contributed by atoms with Crippen molar-refractivity contribution in [2.24, 2.45) is 5.92 Å². The number of thioether (sulfide) groups is 1. The highest BCUT2D eigenvalue weighted by Crippen LogP contribution is 2.34. The van der Waals surface area contributed by atoms with Crippen LogP contribution in [-0.2, 0) is 16.0 Å². The fraction of sp³-hybridized carbons (Fsp3) is 0.357. The number of carbonyl (C=O) groups excluding carboxylic acids is 1. The van der Waals surface area contributed by atoms with Crippen LogP contribution in [0.1, 0.15) is 29.5 Å². The predicted molar refractivity (Wildman–Crippen MR) is 153 cm³/mol. The van der Waals surface area contributed by atoms with Gasteiger partial charge < -0.3 is 9.64 Å². The molecule has 2 aliphatic rings. The molecule has 1 aromatic carbocycles. The smallest absolute Gasteiger partial charge is 0.267 e. The van der Waals surface area contributed by atoms with E-state index in [0.29, 0.717) is 45.3 Å². The highest BCUT2D eigenvalue weighted by atomic mass is 32.2. The van der Waals surface area contributed by atoms with E-state index in [4.69, 9.17) is 21.9 Å². The van der Waals surface area contributed by atoms with E-state index in [1.54, 1.807) is 23.8 Å². The Morgan fingerprint density at radius 2 is 1.89 bits per heavy atom. The number of benzene rings is 1. The number of thiocarbonyl (C=S) groups is 1. The average Bonchev–Trinajstić information content (AvgIpc) is 3.17. The number of aromatic nitrogens is 2. The standard InChI is InChI=1S/C28H30N4O3S2/c1-19-7-6-12-31-24(19)29-25(30-13-10-21(11-14-30)17-20-8-4-3-5-9-20)22(26(31)33)18-23-27(34)32(15-16-35-2)28(36)37-23/h3-9,12,18,21H,10-11,13-17H2,1-2H3. The molecule has 1 amide bonds. The number of ether oxygens (including phenoxy) is 1. The molecular weight excluding hydrogens is 504 g/mol. The number of hydrogen-bond acceptors (Lipinski definition) is 7. The summed E-state index contributed by atoms with van der Waals surface area (Å²) in [6.45, 7) is 4.35. The van der Waals surface area contributed by atoms with Crippen molar-refractivity contribution in [2.45, 2.75) is 26.2 Å². The highest BCUT2D eigenvalue weighted by Gasteiger charge is 2.33. The molecule has 192 valence electrons. The van der Waals surface area contributed by atoms with Crippen molar-refractivity contribution in [2.75, 3.05) is 38.3 Å². The summed E-state index contributed by atoms with van der Waals surface area (Å²) < 4.78 is 7.17. The van der Waals surface area contributed by atoms with Crippen LogP contribution in [0.4, 0.5) is 5.82 Å². The number of rotatable bonds is 7. The van der Waals surface area contributed by atoms with Crippen LogP contribution in [0.3, 0.4) is 0 Å². The molecule has 2 fully saturated rings. The van der Waals surface area contributed by atoms with Gasteiger partial charge in [0, 0.05) is 26.4 Å². The second-order valence-electron chi connectivity index (χ2n) is 9.49. The van der Waals surface area contributed by atoms with Gasteiger partial charge >= 0.3 is 0 Å². The minimum atomic E-state index is -0.201. The van der Waals surface area contributed by atoms with Crippen LogP contribution in [0.5, 0.6) is 0 Å². The number of hydrogen-bond donors (Lipinski definition) is 0. The van der Waals surface area contributed by atoms with Gasteiger partial charge in [-0.05, 0) is 55.4 Å². The summed E-state index contributed by atoms with van der Waals surface area (Å²) >= 11 is 6.66. The largest absolute Gasteiger partial charge is 0.383 e. The Kier molecular flexibility index (Phi) is 7.73. The normalized spacial score (nSPS) is 17.9. The molecule has 0 atom stereocenters. The highest BCUT2D eigenvalue weighted by molar-refractivity contribution is 8.26. The molecule has 0 aliphatic carbocycles. The SMILES string of the molecule is COCCN1C(=O)C(=Cc2c(N3CCC(Cc4ccccc4)CC3)nc3c(C)cccn3c2=O)SC1=S. The van der Waals surface area contributed by atoms with E-state index in [0.717, 1.165) is 37.9 Å². The Balaban J connectivity index is 1.48. The van der Waals surface area contributed by atoms with E-state index >= 15 is 0 Å². The van der Waals surface area contributed by atoms with Crippen LogP contribution in [0.15, 0.2) is 58.4 Å². The van der Waals surface area contributed by atoms with Gasteiger partial charge in [-0.3, -0.25) is 18.9 Å². The van der Waals surface area contributed by atoms with Crippen LogP contribution in [-0.4, -0.2) is 57.9 Å². The molecule has 0 unspecified atom stereocenters. The first-order valence-electron chi connectivity index (χ1n) is 12.5. The summed E-state index contributed by atoms with van der Waals surface area (Å²) in [5, 5.41) is 0. The van der Waals surface area contributed by atoms with E-state index in [1.807, 2.05) is 25.1 Å². The van der Waals surface area contributed by atoms with Gasteiger partial charge in [0.25, 0.3) is 11.5 Å². The lowest BCUT2D eigenvalue weighted by Crippen LogP contribution is -2.37. The van der Waals surface area contributed by atoms with Crippen LogP contribution in [0, 0.1) is 12.8 Å². The molecule has 0 saturated carbocycles. The molecule has 2 aromatic heterocycles. The fourth-order valence-electron chi connectivity index (χ4n) is 4.97. The van der Waals surface area contributed by atoms with Gasteiger partial charge in [-0.2, -0.15) is 0 Å². The summed E-state index contributed by atoms with van der Waals surface area (Å²) in [5.74, 6) is 1.02. The molecule has 0 N–H and O–H groups in total. The lowest BCUT2D eigenvalue weighted by atomic mass is 9.90. The van der Waals surface area contributed by atoms with Gasteiger partial charge in [0.15, 0.2) is 0 Å². The van der Waals surface area contributed by atoms with Gasteiger partial charge in [-0.15, -0.1) is 0 Å². The molecule has 2 saturated heterocycles. The number of carbonyl (C=O) groups is 1. The topological polar surface area (TPSA) is 67.2 Å². The first-order chi connectivity index (χ1) is 18.0. The Hall–Kier alpha value is -3.01. The zero-order chi connectivity index (χ0) is 25.9. The summed E-state index contributed by atoms with van der Waals surface area (Å²) in [4.78, 5) is 36.0. The van der Waals surface area contributed by atoms with Crippen molar-refractivity contribution in [1.82, 2.24) is 14.3 Å². The van der Waals surface area contributed by atoms with Gasteiger partial charge in [-0.25, -0.2) is 4.98 Å². The zero-order valence-electron chi connectivity index (χ0n) is 21.1. The van der Waals surface area contributed by atoms with E-state index in [1.165, 1.54) is 22.2 Å². The molecule has 0 spiro atoms. The second-order valence-corrected chi connectivity index (χ2v) is 11.2. The van der Waals surface area contributed by atoms with Gasteiger partial charge in [0.1, 0.15) is 15.8 Å². The van der Waals surface area contributed by atoms with Crippen LogP contribution in [0.2, 0.25) is 0 Å². The molecule has 9 heteroatoms. The zero-order valence-corrected chi connectivity index (χ0v) is 22.7. The Labute approximate surface area is 226 Å². The van der Waals surface area contributed by atoms with Gasteiger partial charge in [0.2, 0.25) is 0 Å². The Morgan fingerprint density at radius 3 is 2.62 bits per heavy atom. The van der Waals surface area contributed by atoms with E-state index in [9.17, 15) is 9.59 Å². The number of pyridine rings is 1. The molecular formula is C28H30N4O3S2. The number of fused-ring (bicyclic) bond motifs is 1. The third-order valence-electron chi connectivity index (χ3n) is 7.01. The van der Waals surface area contributed by atoms with Gasteiger partial charge in [0.05, 0.1) is 23.6 Å². The van der Waals surface area contributed by atoms with Crippen molar-refractivity contribution in [3.05, 3.63) is 80.6 Å². The van der Waals surface area contributed by atoms with Crippen LogP contribution >= 0.6 is 24.0 Å². The van der Waals surface area contributed by atoms with Crippen molar-refractivity contribution >= 4 is 51.7 Å². The number of nitrogens with zero attached hydrogens (tertiary/aromatic N) is 4. The third kappa shape index (κ3) is 5.35. The summed E-state index contributed by atoms with van der Waals surface area (Å²) in [6, 6.07) is 14.4. The third-order valence-corrected chi connectivity index (χ3v) is 8.39. The quantitative estimate of drug-likeness (QED) is 0.331. The first kappa shape index (κ1) is 25.6. The Morgan fingerprint density at radius 1 is 1.14 bits per heavy atom. The fourth-order valence-corrected chi connectivity index (χ4v) is 6.26. The molecule has 4 heterocycles. The van der Waals surface area contributed by atoms with Crippen LogP contribution in [0.25, 0.3) is 11.7 Å². The number of piperidine rings is 1. The molecule has 0 radical (unpaired) electrons. The van der Waals surface area contributed by atoms with Crippen LogP contribution < -0.4 is 10.5 Å². The monoisotopic (exact) mass is 534 g/mol. The molecule has 0 bridgehead atoms. The maximum Gasteiger partial charge on any atom is 0.267 e. The van der Waals surface area contributed by atoms with Crippen molar-refractivity contribution < 1.29 is 9.53 Å². The molecule has 3 aromatic rings. The van der Waals surface area contributed by atoms with Crippen molar-refractivity contribution in [3.63, 3.8) is 0 Å². The number of methoxy groups -OCH3 is 1. The van der Waals surface area contributed by atoms with E-state index < -0.39 is 0 Å². The summed E-state index contributed by atoms with van der Waals surface area (Å²) in [6.07, 6.45) is 6.50. The van der Waals surface area contributed by atoms with Gasteiger partial charge in [-0.1, -0.05) is 60.4 Å². The predicted octanol–water partition coefficient (Wildman–Crippen LogP) is 4.31. The molecule has 2 aliphatic heterocycles.